The monoisotopic (exact) mass is 620 g/mol. The number of amides is 1. The Hall–Kier alpha value is -4.27. The zero-order valence-corrected chi connectivity index (χ0v) is 26.8. The molecule has 1 heterocycles. The van der Waals surface area contributed by atoms with Gasteiger partial charge in [0.05, 0.1) is 18.8 Å². The molecule has 7 nitrogen and oxygen atoms in total. The number of nitrogens with one attached hydrogen (secondary N) is 1. The van der Waals surface area contributed by atoms with Gasteiger partial charge in [0.2, 0.25) is 0 Å². The maximum absolute atomic E-state index is 11.9. The zero-order valence-electron chi connectivity index (χ0n) is 26.8. The lowest BCUT2D eigenvalue weighted by Gasteiger charge is -2.43. The minimum absolute atomic E-state index is 0.00133. The number of carbonyl (C=O) groups excluding carboxylic acids is 1. The number of likely N-dealkylation sites (N-methyl/N-ethyl adjacent to an activating group) is 1. The summed E-state index contributed by atoms with van der Waals surface area (Å²) >= 11 is 0. The van der Waals surface area contributed by atoms with Crippen LogP contribution in [0.25, 0.3) is 11.1 Å². The van der Waals surface area contributed by atoms with Gasteiger partial charge in [-0.05, 0) is 59.5 Å². The van der Waals surface area contributed by atoms with Crippen LogP contribution >= 0.6 is 0 Å². The van der Waals surface area contributed by atoms with Crippen LogP contribution in [-0.4, -0.2) is 42.4 Å². The van der Waals surface area contributed by atoms with Gasteiger partial charge in [-0.1, -0.05) is 111 Å². The van der Waals surface area contributed by atoms with Crippen molar-refractivity contribution >= 4 is 6.09 Å². The van der Waals surface area contributed by atoms with Crippen molar-refractivity contribution in [1.29, 1.82) is 0 Å². The molecule has 0 aliphatic carbocycles. The molecule has 7 heteroatoms. The van der Waals surface area contributed by atoms with E-state index in [1.165, 1.54) is 11.6 Å². The summed E-state index contributed by atoms with van der Waals surface area (Å²) in [6, 6.07) is 35.1. The first-order chi connectivity index (χ1) is 22.4. The summed E-state index contributed by atoms with van der Waals surface area (Å²) in [6.07, 6.45) is 0.182. The first-order valence-electron chi connectivity index (χ1n) is 15.8. The minimum atomic E-state index is -0.575. The van der Waals surface area contributed by atoms with Crippen molar-refractivity contribution in [3.8, 4) is 11.1 Å². The number of carbonyl (C=O) groups is 1. The van der Waals surface area contributed by atoms with E-state index in [2.05, 4.69) is 86.2 Å². The number of alkyl carbamates (subject to hydrolysis) is 1. The first kappa shape index (κ1) is 33.1. The molecule has 1 aliphatic rings. The molecule has 4 aromatic rings. The summed E-state index contributed by atoms with van der Waals surface area (Å²) in [4.78, 5) is 14.3. The quantitative estimate of drug-likeness (QED) is 0.158. The van der Waals surface area contributed by atoms with Gasteiger partial charge in [-0.25, -0.2) is 4.79 Å². The third-order valence-corrected chi connectivity index (χ3v) is 8.72. The smallest absolute Gasteiger partial charge is 0.407 e. The van der Waals surface area contributed by atoms with E-state index in [1.807, 2.05) is 54.6 Å². The summed E-state index contributed by atoms with van der Waals surface area (Å²) in [5.74, 6) is 0.0761. The molecule has 0 saturated carbocycles. The third-order valence-electron chi connectivity index (χ3n) is 8.72. The van der Waals surface area contributed by atoms with Gasteiger partial charge in [0, 0.05) is 30.6 Å². The Morgan fingerprint density at radius 1 is 0.935 bits per heavy atom. The van der Waals surface area contributed by atoms with Crippen LogP contribution < -0.4 is 5.32 Å². The molecule has 0 aromatic heterocycles. The van der Waals surface area contributed by atoms with Crippen LogP contribution in [0.3, 0.4) is 0 Å². The molecule has 5 atom stereocenters. The van der Waals surface area contributed by atoms with Crippen molar-refractivity contribution < 1.29 is 24.1 Å². The number of aliphatic hydroxyl groups is 1. The number of ether oxygens (including phenoxy) is 3. The topological polar surface area (TPSA) is 80.3 Å². The fraction of sp³-hybridized carbons (Fsp3) is 0.308. The van der Waals surface area contributed by atoms with Gasteiger partial charge in [-0.15, -0.1) is 0 Å². The molecule has 1 aliphatic heterocycles. The van der Waals surface area contributed by atoms with Crippen LogP contribution in [0, 0.1) is 5.92 Å². The summed E-state index contributed by atoms with van der Waals surface area (Å²) in [6.45, 7) is 9.23. The van der Waals surface area contributed by atoms with E-state index in [9.17, 15) is 9.90 Å². The van der Waals surface area contributed by atoms with Gasteiger partial charge in [-0.3, -0.25) is 4.90 Å². The number of hydrogen-bond donors (Lipinski definition) is 2. The zero-order chi connectivity index (χ0) is 32.5. The fourth-order valence-corrected chi connectivity index (χ4v) is 5.84. The van der Waals surface area contributed by atoms with Crippen molar-refractivity contribution in [3.05, 3.63) is 144 Å². The van der Waals surface area contributed by atoms with Gasteiger partial charge in [0.1, 0.15) is 6.61 Å². The Labute approximate surface area is 272 Å². The van der Waals surface area contributed by atoms with Crippen molar-refractivity contribution in [2.24, 2.45) is 5.92 Å². The number of aliphatic hydroxyl groups excluding tert-OH is 1. The van der Waals surface area contributed by atoms with Gasteiger partial charge in [0.25, 0.3) is 0 Å². The number of nitrogens with zero attached hydrogens (tertiary/aromatic N) is 1. The third kappa shape index (κ3) is 8.30. The SMILES string of the molecule is C=CCOC(=O)NCc1cccc(-c2cccc([C@@H]3O[C@H](CN(C)[C@@H](C)c4ccccc4)[C@H](C)[C@H](c4ccc(CO)cc4)O3)c2)c1. The normalized spacial score (nSPS) is 20.2. The Morgan fingerprint density at radius 3 is 2.37 bits per heavy atom. The van der Waals surface area contributed by atoms with E-state index in [-0.39, 0.29) is 37.4 Å². The molecular formula is C39H44N2O5. The van der Waals surface area contributed by atoms with Crippen molar-refractivity contribution in [1.82, 2.24) is 10.2 Å². The summed E-state index contributed by atoms with van der Waals surface area (Å²) in [5, 5.41) is 12.4. The average molecular weight is 621 g/mol. The second kappa shape index (κ2) is 15.8. The fourth-order valence-electron chi connectivity index (χ4n) is 5.84. The molecule has 1 saturated heterocycles. The highest BCUT2D eigenvalue weighted by molar-refractivity contribution is 5.68. The first-order valence-corrected chi connectivity index (χ1v) is 15.8. The minimum Gasteiger partial charge on any atom is -0.445 e. The Kier molecular flexibility index (Phi) is 11.4. The Balaban J connectivity index is 1.38. The maximum Gasteiger partial charge on any atom is 0.407 e. The lowest BCUT2D eigenvalue weighted by Crippen LogP contribution is -2.44. The molecule has 0 bridgehead atoms. The van der Waals surface area contributed by atoms with Crippen molar-refractivity contribution in [2.75, 3.05) is 20.2 Å². The molecule has 2 N–H and O–H groups in total. The number of hydrogen-bond acceptors (Lipinski definition) is 6. The van der Waals surface area contributed by atoms with Crippen LogP contribution in [-0.2, 0) is 27.4 Å². The molecule has 1 amide bonds. The standard InChI is InChI=1S/C39H44N2O5/c1-5-21-44-39(43)40-24-30-11-9-14-33(22-30)34-15-10-16-35(23-34)38-45-36(25-41(4)28(3)31-12-7-6-8-13-31)27(2)37(46-38)32-19-17-29(26-42)18-20-32/h5-20,22-23,27-28,36-38,42H,1,21,24-26H2,2-4H3,(H,40,43)/t27-,28-,36+,37+,38+/m0/s1. The summed E-state index contributed by atoms with van der Waals surface area (Å²) in [7, 11) is 2.14. The largest absolute Gasteiger partial charge is 0.445 e. The summed E-state index contributed by atoms with van der Waals surface area (Å²) < 4.78 is 18.5. The number of benzene rings is 4. The Bertz CT molecular complexity index is 1580. The second-order valence-corrected chi connectivity index (χ2v) is 11.9. The highest BCUT2D eigenvalue weighted by Crippen LogP contribution is 2.42. The molecule has 4 aromatic carbocycles. The molecule has 0 spiro atoms. The van der Waals surface area contributed by atoms with E-state index in [0.29, 0.717) is 6.54 Å². The molecule has 46 heavy (non-hydrogen) atoms. The van der Waals surface area contributed by atoms with Crippen LogP contribution in [0.15, 0.2) is 116 Å². The summed E-state index contributed by atoms with van der Waals surface area (Å²) in [5.41, 5.74) is 7.12. The van der Waals surface area contributed by atoms with Gasteiger partial charge in [-0.2, -0.15) is 0 Å². The van der Waals surface area contributed by atoms with Crippen LogP contribution in [0.4, 0.5) is 4.79 Å². The van der Waals surface area contributed by atoms with Crippen LogP contribution in [0.1, 0.15) is 60.1 Å². The average Bonchev–Trinajstić information content (AvgIpc) is 3.11. The van der Waals surface area contributed by atoms with Gasteiger partial charge in [0.15, 0.2) is 6.29 Å². The highest BCUT2D eigenvalue weighted by atomic mass is 16.7. The molecular weight excluding hydrogens is 576 g/mol. The van der Waals surface area contributed by atoms with E-state index < -0.39 is 12.4 Å². The van der Waals surface area contributed by atoms with E-state index in [4.69, 9.17) is 14.2 Å². The van der Waals surface area contributed by atoms with Crippen molar-refractivity contribution in [3.63, 3.8) is 0 Å². The molecule has 5 rings (SSSR count). The number of rotatable bonds is 12. The molecule has 1 fully saturated rings. The van der Waals surface area contributed by atoms with Crippen LogP contribution in [0.5, 0.6) is 0 Å². The lowest BCUT2D eigenvalue weighted by atomic mass is 9.89. The predicted molar refractivity (Wildman–Crippen MR) is 181 cm³/mol. The van der Waals surface area contributed by atoms with Crippen LogP contribution in [0.2, 0.25) is 0 Å². The van der Waals surface area contributed by atoms with E-state index in [1.54, 1.807) is 0 Å². The van der Waals surface area contributed by atoms with E-state index >= 15 is 0 Å². The highest BCUT2D eigenvalue weighted by Gasteiger charge is 2.39. The van der Waals surface area contributed by atoms with E-state index in [0.717, 1.165) is 39.9 Å². The van der Waals surface area contributed by atoms with Gasteiger partial charge < -0.3 is 24.6 Å². The second-order valence-electron chi connectivity index (χ2n) is 11.9. The molecule has 240 valence electrons. The van der Waals surface area contributed by atoms with Crippen molar-refractivity contribution in [2.45, 2.75) is 51.5 Å². The van der Waals surface area contributed by atoms with Gasteiger partial charge >= 0.3 is 6.09 Å². The molecule has 0 unspecified atom stereocenters. The predicted octanol–water partition coefficient (Wildman–Crippen LogP) is 7.74. The molecule has 0 radical (unpaired) electrons. The Morgan fingerprint density at radius 2 is 1.65 bits per heavy atom. The maximum atomic E-state index is 11.9. The lowest BCUT2D eigenvalue weighted by molar-refractivity contribution is -0.276.